The molecule has 0 fully saturated rings. The van der Waals surface area contributed by atoms with E-state index in [1.807, 2.05) is 5.32 Å². The van der Waals surface area contributed by atoms with Crippen LogP contribution < -0.4 is 5.32 Å². The lowest BCUT2D eigenvalue weighted by atomic mass is 10.1. The van der Waals surface area contributed by atoms with Crippen LogP contribution in [-0.2, 0) is 15.7 Å². The van der Waals surface area contributed by atoms with E-state index < -0.39 is 46.0 Å². The molecule has 0 saturated heterocycles. The Balaban J connectivity index is 2.19. The summed E-state index contributed by atoms with van der Waals surface area (Å²) in [4.78, 5) is 37.5. The van der Waals surface area contributed by atoms with Crippen LogP contribution in [0, 0.1) is 10.1 Å². The van der Waals surface area contributed by atoms with E-state index in [2.05, 4.69) is 4.98 Å². The summed E-state index contributed by atoms with van der Waals surface area (Å²) in [5, 5.41) is 12.5. The van der Waals surface area contributed by atoms with Crippen molar-refractivity contribution in [2.24, 2.45) is 0 Å². The SMILES string of the molecule is C[C@@H](OC(=O)c1cccnc1Cl)C(=O)Nc1ccc([N+](=O)[O-])cc1C(F)(F)F. The van der Waals surface area contributed by atoms with E-state index in [4.69, 9.17) is 16.3 Å². The van der Waals surface area contributed by atoms with Crippen molar-refractivity contribution in [3.05, 3.63) is 62.9 Å². The zero-order valence-electron chi connectivity index (χ0n) is 14.0. The Bertz CT molecular complexity index is 936. The molecule has 1 aromatic heterocycles. The number of pyridine rings is 1. The van der Waals surface area contributed by atoms with Gasteiger partial charge in [-0.2, -0.15) is 13.2 Å². The van der Waals surface area contributed by atoms with Gasteiger partial charge in [-0.05, 0) is 25.1 Å². The number of non-ortho nitro benzene ring substituents is 1. The summed E-state index contributed by atoms with van der Waals surface area (Å²) in [5.74, 6) is -2.08. The molecule has 8 nitrogen and oxygen atoms in total. The number of amides is 1. The minimum Gasteiger partial charge on any atom is -0.449 e. The van der Waals surface area contributed by atoms with Crippen molar-refractivity contribution in [3.63, 3.8) is 0 Å². The summed E-state index contributed by atoms with van der Waals surface area (Å²) < 4.78 is 44.3. The number of alkyl halides is 3. The number of nitro benzene ring substituents is 1. The number of nitrogens with zero attached hydrogens (tertiary/aromatic N) is 2. The van der Waals surface area contributed by atoms with Crippen LogP contribution in [0.1, 0.15) is 22.8 Å². The van der Waals surface area contributed by atoms with E-state index in [-0.39, 0.29) is 10.7 Å². The predicted molar refractivity (Wildman–Crippen MR) is 90.9 cm³/mol. The molecule has 1 heterocycles. The van der Waals surface area contributed by atoms with Crippen molar-refractivity contribution in [1.82, 2.24) is 4.98 Å². The zero-order chi connectivity index (χ0) is 21.1. The summed E-state index contributed by atoms with van der Waals surface area (Å²) >= 11 is 5.73. The standard InChI is InChI=1S/C16H11ClF3N3O5/c1-8(28-15(25)10-3-2-6-21-13(10)17)14(24)22-12-5-4-9(23(26)27)7-11(12)16(18,19)20/h2-8H,1H3,(H,22,24)/t8-/m1/s1. The van der Waals surface area contributed by atoms with Gasteiger partial charge >= 0.3 is 12.1 Å². The Morgan fingerprint density at radius 3 is 2.57 bits per heavy atom. The number of carbonyl (C=O) groups is 2. The molecule has 0 unspecified atom stereocenters. The van der Waals surface area contributed by atoms with Crippen LogP contribution in [0.5, 0.6) is 0 Å². The topological polar surface area (TPSA) is 111 Å². The van der Waals surface area contributed by atoms with Crippen molar-refractivity contribution < 1.29 is 32.4 Å². The van der Waals surface area contributed by atoms with Gasteiger partial charge in [-0.25, -0.2) is 9.78 Å². The normalized spacial score (nSPS) is 12.2. The number of hydrogen-bond acceptors (Lipinski definition) is 6. The molecule has 0 radical (unpaired) electrons. The molecule has 1 aromatic carbocycles. The van der Waals surface area contributed by atoms with Gasteiger partial charge in [-0.1, -0.05) is 11.6 Å². The van der Waals surface area contributed by atoms with Gasteiger partial charge in [0, 0.05) is 18.3 Å². The average molecular weight is 418 g/mol. The van der Waals surface area contributed by atoms with Gasteiger partial charge in [-0.15, -0.1) is 0 Å². The number of aromatic nitrogens is 1. The molecule has 0 aliphatic carbocycles. The van der Waals surface area contributed by atoms with Crippen LogP contribution in [0.25, 0.3) is 0 Å². The fraction of sp³-hybridized carbons (Fsp3) is 0.188. The highest BCUT2D eigenvalue weighted by atomic mass is 35.5. The number of anilines is 1. The molecule has 0 spiro atoms. The van der Waals surface area contributed by atoms with Gasteiger partial charge < -0.3 is 10.1 Å². The number of rotatable bonds is 5. The lowest BCUT2D eigenvalue weighted by Gasteiger charge is -2.17. The number of esters is 1. The number of carbonyl (C=O) groups excluding carboxylic acids is 2. The predicted octanol–water partition coefficient (Wildman–Crippen LogP) is 3.85. The third kappa shape index (κ3) is 4.94. The second-order valence-corrected chi connectivity index (χ2v) is 5.72. The Kier molecular flexibility index (Phi) is 6.19. The second kappa shape index (κ2) is 8.21. The first-order chi connectivity index (χ1) is 13.0. The number of hydrogen-bond donors (Lipinski definition) is 1. The lowest BCUT2D eigenvalue weighted by molar-refractivity contribution is -0.385. The van der Waals surface area contributed by atoms with Crippen LogP contribution in [0.15, 0.2) is 36.5 Å². The van der Waals surface area contributed by atoms with Crippen LogP contribution in [0.3, 0.4) is 0 Å². The smallest absolute Gasteiger partial charge is 0.418 e. The Morgan fingerprint density at radius 2 is 2.00 bits per heavy atom. The molecule has 1 N–H and O–H groups in total. The molecule has 2 rings (SSSR count). The maximum Gasteiger partial charge on any atom is 0.418 e. The Hall–Kier alpha value is -3.21. The quantitative estimate of drug-likeness (QED) is 0.342. The van der Waals surface area contributed by atoms with Gasteiger partial charge in [0.15, 0.2) is 6.10 Å². The highest BCUT2D eigenvalue weighted by Crippen LogP contribution is 2.37. The molecule has 148 valence electrons. The largest absolute Gasteiger partial charge is 0.449 e. The number of halogens is 4. The number of nitro groups is 1. The van der Waals surface area contributed by atoms with Crippen molar-refractivity contribution in [2.45, 2.75) is 19.2 Å². The molecule has 28 heavy (non-hydrogen) atoms. The van der Waals surface area contributed by atoms with Crippen LogP contribution in [0.4, 0.5) is 24.5 Å². The summed E-state index contributed by atoms with van der Waals surface area (Å²) in [6.07, 6.45) is -5.12. The highest BCUT2D eigenvalue weighted by Gasteiger charge is 2.36. The fourth-order valence-electron chi connectivity index (χ4n) is 2.04. The molecular weight excluding hydrogens is 407 g/mol. The molecule has 0 aliphatic rings. The zero-order valence-corrected chi connectivity index (χ0v) is 14.7. The first-order valence-corrected chi connectivity index (χ1v) is 7.86. The van der Waals surface area contributed by atoms with Gasteiger partial charge in [0.1, 0.15) is 5.15 Å². The maximum absolute atomic E-state index is 13.1. The van der Waals surface area contributed by atoms with Crippen LogP contribution >= 0.6 is 11.6 Å². The van der Waals surface area contributed by atoms with E-state index in [0.29, 0.717) is 6.07 Å². The summed E-state index contributed by atoms with van der Waals surface area (Å²) in [6.45, 7) is 1.14. The molecular formula is C16H11ClF3N3O5. The van der Waals surface area contributed by atoms with E-state index in [9.17, 15) is 32.9 Å². The summed E-state index contributed by atoms with van der Waals surface area (Å²) in [7, 11) is 0. The van der Waals surface area contributed by atoms with Gasteiger partial charge in [0.05, 0.1) is 21.7 Å². The molecule has 0 saturated carbocycles. The van der Waals surface area contributed by atoms with Crippen molar-refractivity contribution in [1.29, 1.82) is 0 Å². The van der Waals surface area contributed by atoms with Crippen LogP contribution in [-0.4, -0.2) is 27.9 Å². The molecule has 0 aliphatic heterocycles. The van der Waals surface area contributed by atoms with E-state index in [0.717, 1.165) is 19.1 Å². The van der Waals surface area contributed by atoms with E-state index in [1.165, 1.54) is 18.3 Å². The van der Waals surface area contributed by atoms with Crippen molar-refractivity contribution in [3.8, 4) is 0 Å². The number of nitrogens with one attached hydrogen (secondary N) is 1. The van der Waals surface area contributed by atoms with Gasteiger partial charge in [0.25, 0.3) is 11.6 Å². The summed E-state index contributed by atoms with van der Waals surface area (Å²) in [5.41, 5.74) is -3.06. The second-order valence-electron chi connectivity index (χ2n) is 5.36. The monoisotopic (exact) mass is 417 g/mol. The van der Waals surface area contributed by atoms with Gasteiger partial charge in [0.2, 0.25) is 0 Å². The number of ether oxygens (including phenoxy) is 1. The first kappa shape index (κ1) is 21.1. The minimum atomic E-state index is -4.96. The first-order valence-electron chi connectivity index (χ1n) is 7.48. The fourth-order valence-corrected chi connectivity index (χ4v) is 2.24. The van der Waals surface area contributed by atoms with Gasteiger partial charge in [-0.3, -0.25) is 14.9 Å². The minimum absolute atomic E-state index is 0.130. The Labute approximate surface area is 160 Å². The average Bonchev–Trinajstić information content (AvgIpc) is 2.61. The highest BCUT2D eigenvalue weighted by molar-refractivity contribution is 6.32. The van der Waals surface area contributed by atoms with Crippen molar-refractivity contribution >= 4 is 34.9 Å². The third-order valence-electron chi connectivity index (χ3n) is 3.41. The lowest BCUT2D eigenvalue weighted by Crippen LogP contribution is -2.31. The van der Waals surface area contributed by atoms with Crippen molar-refractivity contribution in [2.75, 3.05) is 5.32 Å². The van der Waals surface area contributed by atoms with E-state index in [1.54, 1.807) is 0 Å². The molecule has 2 aromatic rings. The summed E-state index contributed by atoms with van der Waals surface area (Å²) in [6, 6.07) is 4.53. The molecule has 12 heteroatoms. The molecule has 0 bridgehead atoms. The maximum atomic E-state index is 13.1. The molecule has 1 atom stereocenters. The van der Waals surface area contributed by atoms with Crippen LogP contribution in [0.2, 0.25) is 5.15 Å². The third-order valence-corrected chi connectivity index (χ3v) is 3.71. The van der Waals surface area contributed by atoms with E-state index >= 15 is 0 Å². The number of benzene rings is 1. The molecule has 1 amide bonds. The Morgan fingerprint density at radius 1 is 1.32 bits per heavy atom.